The molecule has 1 unspecified atom stereocenters. The van der Waals surface area contributed by atoms with Crippen molar-refractivity contribution in [2.24, 2.45) is 5.84 Å². The van der Waals surface area contributed by atoms with E-state index in [1.807, 2.05) is 50.2 Å². The molecule has 0 saturated heterocycles. The molecule has 20 heavy (non-hydrogen) atoms. The van der Waals surface area contributed by atoms with Gasteiger partial charge in [0.25, 0.3) is 0 Å². The summed E-state index contributed by atoms with van der Waals surface area (Å²) < 4.78 is 5.88. The van der Waals surface area contributed by atoms with Crippen molar-refractivity contribution in [1.29, 1.82) is 0 Å². The van der Waals surface area contributed by atoms with Gasteiger partial charge in [-0.25, -0.2) is 5.43 Å². The van der Waals surface area contributed by atoms with E-state index in [1.165, 1.54) is 0 Å². The summed E-state index contributed by atoms with van der Waals surface area (Å²) in [5.74, 6) is 6.49. The molecule has 0 bridgehead atoms. The van der Waals surface area contributed by atoms with Gasteiger partial charge in [0, 0.05) is 10.9 Å². The van der Waals surface area contributed by atoms with E-state index in [4.69, 9.17) is 10.3 Å². The first-order chi connectivity index (χ1) is 9.69. The second-order valence-electron chi connectivity index (χ2n) is 4.81. The Morgan fingerprint density at radius 3 is 2.70 bits per heavy atom. The Bertz CT molecular complexity index is 717. The van der Waals surface area contributed by atoms with Crippen LogP contribution in [0.25, 0.3) is 11.0 Å². The summed E-state index contributed by atoms with van der Waals surface area (Å²) in [7, 11) is 0. The summed E-state index contributed by atoms with van der Waals surface area (Å²) >= 11 is 0. The molecule has 1 aromatic carbocycles. The van der Waals surface area contributed by atoms with E-state index < -0.39 is 0 Å². The van der Waals surface area contributed by atoms with E-state index in [1.54, 1.807) is 0 Å². The lowest BCUT2D eigenvalue weighted by Gasteiger charge is -2.15. The molecule has 102 valence electrons. The minimum Gasteiger partial charge on any atom is -0.459 e. The van der Waals surface area contributed by atoms with Gasteiger partial charge < -0.3 is 4.42 Å². The fourth-order valence-corrected chi connectivity index (χ4v) is 2.33. The average molecular weight is 268 g/mol. The average Bonchev–Trinajstić information content (AvgIpc) is 2.87. The quantitative estimate of drug-likeness (QED) is 0.563. The maximum atomic E-state index is 5.88. The highest BCUT2D eigenvalue weighted by molar-refractivity contribution is 5.78. The predicted octanol–water partition coefficient (Wildman–Crippen LogP) is 2.39. The lowest BCUT2D eigenvalue weighted by atomic mass is 10.0. The van der Waals surface area contributed by atoms with Gasteiger partial charge in [0.1, 0.15) is 17.4 Å². The fourth-order valence-electron chi connectivity index (χ4n) is 2.33. The number of rotatable bonds is 3. The number of furan rings is 1. The summed E-state index contributed by atoms with van der Waals surface area (Å²) in [6.07, 6.45) is 0. The van der Waals surface area contributed by atoms with Crippen LogP contribution in [0.2, 0.25) is 0 Å². The summed E-state index contributed by atoms with van der Waals surface area (Å²) in [5.41, 5.74) is 6.30. The highest BCUT2D eigenvalue weighted by Crippen LogP contribution is 2.28. The molecule has 0 amide bonds. The molecular weight excluding hydrogens is 252 g/mol. The maximum absolute atomic E-state index is 5.88. The molecule has 5 nitrogen and oxygen atoms in total. The summed E-state index contributed by atoms with van der Waals surface area (Å²) in [5, 5.41) is 9.24. The Labute approximate surface area is 116 Å². The summed E-state index contributed by atoms with van der Waals surface area (Å²) in [6, 6.07) is 11.6. The Kier molecular flexibility index (Phi) is 3.22. The van der Waals surface area contributed by atoms with E-state index in [0.717, 1.165) is 33.7 Å². The molecule has 5 heteroatoms. The van der Waals surface area contributed by atoms with Gasteiger partial charge in [-0.2, -0.15) is 10.2 Å². The Hall–Kier alpha value is -2.24. The number of hydrogen-bond donors (Lipinski definition) is 2. The van der Waals surface area contributed by atoms with Crippen molar-refractivity contribution in [3.05, 3.63) is 59.1 Å². The molecular formula is C15H16N4O. The van der Waals surface area contributed by atoms with Crippen LogP contribution < -0.4 is 11.3 Å². The molecule has 3 rings (SSSR count). The van der Waals surface area contributed by atoms with Crippen molar-refractivity contribution < 1.29 is 4.42 Å². The number of para-hydroxylation sites is 1. The first-order valence-electron chi connectivity index (χ1n) is 6.44. The van der Waals surface area contributed by atoms with Crippen molar-refractivity contribution in [2.75, 3.05) is 0 Å². The SMILES string of the molecule is Cc1cc(C(NN)c2cc3ccccc3o2)c(C)nn1. The van der Waals surface area contributed by atoms with Gasteiger partial charge in [-0.3, -0.25) is 5.84 Å². The number of aromatic nitrogens is 2. The monoisotopic (exact) mass is 268 g/mol. The highest BCUT2D eigenvalue weighted by Gasteiger charge is 2.20. The fraction of sp³-hybridized carbons (Fsp3) is 0.200. The zero-order valence-corrected chi connectivity index (χ0v) is 11.4. The first kappa shape index (κ1) is 12.8. The van der Waals surface area contributed by atoms with Crippen LogP contribution >= 0.6 is 0 Å². The molecule has 3 aromatic rings. The molecule has 0 aliphatic heterocycles. The molecule has 0 fully saturated rings. The van der Waals surface area contributed by atoms with Crippen LogP contribution in [0.1, 0.15) is 28.8 Å². The van der Waals surface area contributed by atoms with Gasteiger partial charge in [0.05, 0.1) is 11.4 Å². The van der Waals surface area contributed by atoms with Crippen molar-refractivity contribution >= 4 is 11.0 Å². The topological polar surface area (TPSA) is 77.0 Å². The molecule has 1 atom stereocenters. The van der Waals surface area contributed by atoms with Crippen LogP contribution in [-0.2, 0) is 0 Å². The van der Waals surface area contributed by atoms with E-state index in [-0.39, 0.29) is 6.04 Å². The Balaban J connectivity index is 2.11. The lowest BCUT2D eigenvalue weighted by Crippen LogP contribution is -2.29. The van der Waals surface area contributed by atoms with Gasteiger partial charge in [0.2, 0.25) is 0 Å². The van der Waals surface area contributed by atoms with Crippen LogP contribution in [0.15, 0.2) is 40.8 Å². The molecule has 0 aliphatic carbocycles. The molecule has 2 heterocycles. The third kappa shape index (κ3) is 2.17. The van der Waals surface area contributed by atoms with E-state index in [9.17, 15) is 0 Å². The lowest BCUT2D eigenvalue weighted by molar-refractivity contribution is 0.474. The summed E-state index contributed by atoms with van der Waals surface area (Å²) in [6.45, 7) is 3.82. The zero-order valence-electron chi connectivity index (χ0n) is 11.4. The minimum atomic E-state index is -0.239. The van der Waals surface area contributed by atoms with Gasteiger partial charge in [-0.05, 0) is 32.0 Å². The van der Waals surface area contributed by atoms with Crippen LogP contribution in [-0.4, -0.2) is 10.2 Å². The molecule has 0 spiro atoms. The van der Waals surface area contributed by atoms with Crippen molar-refractivity contribution in [3.63, 3.8) is 0 Å². The van der Waals surface area contributed by atoms with Crippen LogP contribution in [0.5, 0.6) is 0 Å². The van der Waals surface area contributed by atoms with Gasteiger partial charge >= 0.3 is 0 Å². The number of nitrogens with zero attached hydrogens (tertiary/aromatic N) is 2. The van der Waals surface area contributed by atoms with Crippen LogP contribution in [0, 0.1) is 13.8 Å². The number of fused-ring (bicyclic) bond motifs is 1. The molecule has 0 saturated carbocycles. The Morgan fingerprint density at radius 2 is 1.95 bits per heavy atom. The second-order valence-corrected chi connectivity index (χ2v) is 4.81. The van der Waals surface area contributed by atoms with Crippen LogP contribution in [0.4, 0.5) is 0 Å². The smallest absolute Gasteiger partial charge is 0.134 e. The van der Waals surface area contributed by atoms with Crippen molar-refractivity contribution in [2.45, 2.75) is 19.9 Å². The number of hydrazine groups is 1. The molecule has 3 N–H and O–H groups in total. The van der Waals surface area contributed by atoms with E-state index in [2.05, 4.69) is 15.6 Å². The van der Waals surface area contributed by atoms with Crippen molar-refractivity contribution in [3.8, 4) is 0 Å². The number of nitrogens with two attached hydrogens (primary N) is 1. The third-order valence-electron chi connectivity index (χ3n) is 3.35. The maximum Gasteiger partial charge on any atom is 0.134 e. The molecule has 0 aliphatic rings. The van der Waals surface area contributed by atoms with Gasteiger partial charge in [-0.15, -0.1) is 0 Å². The van der Waals surface area contributed by atoms with Crippen molar-refractivity contribution in [1.82, 2.24) is 15.6 Å². The number of aryl methyl sites for hydroxylation is 2. The predicted molar refractivity (Wildman–Crippen MR) is 76.9 cm³/mol. The first-order valence-corrected chi connectivity index (χ1v) is 6.44. The highest BCUT2D eigenvalue weighted by atomic mass is 16.3. The molecule has 0 radical (unpaired) electrons. The number of benzene rings is 1. The number of nitrogens with one attached hydrogen (secondary N) is 1. The minimum absolute atomic E-state index is 0.239. The standard InChI is InChI=1S/C15H16N4O/c1-9-7-12(10(2)19-18-9)15(17-16)14-8-11-5-3-4-6-13(11)20-14/h3-8,15,17H,16H2,1-2H3. The largest absolute Gasteiger partial charge is 0.459 e. The second kappa shape index (κ2) is 5.03. The number of hydrogen-bond acceptors (Lipinski definition) is 5. The third-order valence-corrected chi connectivity index (χ3v) is 3.35. The van der Waals surface area contributed by atoms with Gasteiger partial charge in [-0.1, -0.05) is 18.2 Å². The van der Waals surface area contributed by atoms with Crippen LogP contribution in [0.3, 0.4) is 0 Å². The summed E-state index contributed by atoms with van der Waals surface area (Å²) in [4.78, 5) is 0. The normalized spacial score (nSPS) is 12.8. The van der Waals surface area contributed by atoms with E-state index >= 15 is 0 Å². The zero-order chi connectivity index (χ0) is 14.1. The van der Waals surface area contributed by atoms with Gasteiger partial charge in [0.15, 0.2) is 0 Å². The van der Waals surface area contributed by atoms with E-state index in [0.29, 0.717) is 0 Å². The molecule has 2 aromatic heterocycles. The Morgan fingerprint density at radius 1 is 1.15 bits per heavy atom.